The van der Waals surface area contributed by atoms with Crippen molar-refractivity contribution >= 4 is 22.5 Å². The minimum atomic E-state index is -0.718. The molecule has 2 aromatic carbocycles. The highest BCUT2D eigenvalue weighted by atomic mass is 16.5. The number of phenols is 2. The van der Waals surface area contributed by atoms with E-state index in [1.165, 1.54) is 13.2 Å². The lowest BCUT2D eigenvalue weighted by molar-refractivity contribution is 0.0815. The van der Waals surface area contributed by atoms with E-state index in [1.807, 2.05) is 0 Å². The Morgan fingerprint density at radius 3 is 2.43 bits per heavy atom. The van der Waals surface area contributed by atoms with Crippen molar-refractivity contribution in [3.05, 3.63) is 41.5 Å². The lowest BCUT2D eigenvalue weighted by atomic mass is 9.87. The molecule has 0 radical (unpaired) electrons. The average Bonchev–Trinajstić information content (AvgIpc) is 2.93. The second-order valence-corrected chi connectivity index (χ2v) is 5.16. The summed E-state index contributed by atoms with van der Waals surface area (Å²) in [7, 11) is 1.30. The Labute approximate surface area is 129 Å². The molecule has 0 saturated carbocycles. The molecule has 0 atom stereocenters. The molecular formula is C17H10O6. The summed E-state index contributed by atoms with van der Waals surface area (Å²) in [4.78, 5) is 24.7. The number of hydrogen-bond acceptors (Lipinski definition) is 6. The molecule has 0 fully saturated rings. The summed E-state index contributed by atoms with van der Waals surface area (Å²) in [6.07, 6.45) is 0. The molecule has 0 amide bonds. The Morgan fingerprint density at radius 2 is 1.74 bits per heavy atom. The van der Waals surface area contributed by atoms with Crippen molar-refractivity contribution < 1.29 is 29.0 Å². The number of rotatable bonds is 1. The fourth-order valence-electron chi connectivity index (χ4n) is 2.90. The van der Waals surface area contributed by atoms with Crippen LogP contribution in [0.15, 0.2) is 34.7 Å². The Balaban J connectivity index is 2.19. The fourth-order valence-corrected chi connectivity index (χ4v) is 2.90. The quantitative estimate of drug-likeness (QED) is 0.530. The standard InChI is InChI=1S/C17H10O6/c1-22-17-13(20)10(18)6-9-11-14(21)12(19)7-4-2-3-5-8(7)15(11)23-16(9)17/h2-6,18,20H,1H3. The molecule has 114 valence electrons. The van der Waals surface area contributed by atoms with Crippen LogP contribution in [0.4, 0.5) is 0 Å². The molecule has 1 aliphatic rings. The molecule has 0 bridgehead atoms. The molecule has 1 aliphatic carbocycles. The third kappa shape index (κ3) is 1.57. The van der Waals surface area contributed by atoms with Crippen molar-refractivity contribution in [2.45, 2.75) is 0 Å². The van der Waals surface area contributed by atoms with E-state index >= 15 is 0 Å². The smallest absolute Gasteiger partial charge is 0.238 e. The third-order valence-electron chi connectivity index (χ3n) is 3.94. The lowest BCUT2D eigenvalue weighted by Gasteiger charge is -2.12. The summed E-state index contributed by atoms with van der Waals surface area (Å²) in [5, 5.41) is 19.9. The molecule has 1 heterocycles. The van der Waals surface area contributed by atoms with Gasteiger partial charge in [-0.1, -0.05) is 24.3 Å². The minimum absolute atomic E-state index is 0.0669. The molecule has 1 aromatic heterocycles. The number of carbonyl (C=O) groups is 2. The normalized spacial score (nSPS) is 13.1. The first-order valence-corrected chi connectivity index (χ1v) is 6.78. The molecular weight excluding hydrogens is 300 g/mol. The SMILES string of the molecule is COc1c(O)c(O)cc2c3c(oc12)-c1ccccc1C(=O)C3=O. The topological polar surface area (TPSA) is 97.0 Å². The number of ether oxygens (including phenoxy) is 1. The zero-order valence-electron chi connectivity index (χ0n) is 11.9. The van der Waals surface area contributed by atoms with Gasteiger partial charge in [0, 0.05) is 16.5 Å². The number of fused-ring (bicyclic) bond motifs is 5. The largest absolute Gasteiger partial charge is 0.504 e. The molecule has 23 heavy (non-hydrogen) atoms. The fraction of sp³-hybridized carbons (Fsp3) is 0.0588. The first-order chi connectivity index (χ1) is 11.0. The Kier molecular flexibility index (Phi) is 2.54. The van der Waals surface area contributed by atoms with Crippen LogP contribution in [0.1, 0.15) is 20.7 Å². The molecule has 3 aromatic rings. The van der Waals surface area contributed by atoms with Gasteiger partial charge in [0.05, 0.1) is 12.7 Å². The van der Waals surface area contributed by atoms with E-state index in [9.17, 15) is 19.8 Å². The van der Waals surface area contributed by atoms with Gasteiger partial charge in [-0.05, 0) is 6.07 Å². The van der Waals surface area contributed by atoms with E-state index in [0.717, 1.165) is 0 Å². The maximum atomic E-state index is 12.5. The highest BCUT2D eigenvalue weighted by Crippen LogP contribution is 2.48. The highest BCUT2D eigenvalue weighted by Gasteiger charge is 2.36. The average molecular weight is 310 g/mol. The van der Waals surface area contributed by atoms with Gasteiger partial charge in [-0.15, -0.1) is 0 Å². The first-order valence-electron chi connectivity index (χ1n) is 6.78. The van der Waals surface area contributed by atoms with Gasteiger partial charge < -0.3 is 19.4 Å². The van der Waals surface area contributed by atoms with Gasteiger partial charge in [0.15, 0.2) is 11.3 Å². The first kappa shape index (κ1) is 13.4. The van der Waals surface area contributed by atoms with Gasteiger partial charge in [0.2, 0.25) is 23.1 Å². The van der Waals surface area contributed by atoms with E-state index < -0.39 is 23.1 Å². The van der Waals surface area contributed by atoms with Crippen LogP contribution < -0.4 is 4.74 Å². The second-order valence-electron chi connectivity index (χ2n) is 5.16. The van der Waals surface area contributed by atoms with Crippen LogP contribution in [0.2, 0.25) is 0 Å². The number of carbonyl (C=O) groups excluding carboxylic acids is 2. The summed E-state index contributed by atoms with van der Waals surface area (Å²) in [6.45, 7) is 0. The van der Waals surface area contributed by atoms with Gasteiger partial charge in [0.1, 0.15) is 5.76 Å². The van der Waals surface area contributed by atoms with Crippen molar-refractivity contribution in [2.75, 3.05) is 7.11 Å². The molecule has 0 aliphatic heterocycles. The zero-order chi connectivity index (χ0) is 16.3. The van der Waals surface area contributed by atoms with E-state index in [4.69, 9.17) is 9.15 Å². The molecule has 4 rings (SSSR count). The van der Waals surface area contributed by atoms with E-state index in [1.54, 1.807) is 24.3 Å². The predicted octanol–water partition coefficient (Wildman–Crippen LogP) is 2.90. The van der Waals surface area contributed by atoms with Crippen molar-refractivity contribution in [2.24, 2.45) is 0 Å². The molecule has 6 heteroatoms. The van der Waals surface area contributed by atoms with E-state index in [2.05, 4.69) is 0 Å². The van der Waals surface area contributed by atoms with Crippen LogP contribution in [0.5, 0.6) is 17.2 Å². The second kappa shape index (κ2) is 4.36. The van der Waals surface area contributed by atoms with Crippen molar-refractivity contribution in [3.63, 3.8) is 0 Å². The number of phenolic OH excluding ortho intramolecular Hbond substituents is 2. The lowest BCUT2D eigenvalue weighted by Crippen LogP contribution is -2.20. The minimum Gasteiger partial charge on any atom is -0.504 e. The molecule has 2 N–H and O–H groups in total. The maximum absolute atomic E-state index is 12.5. The number of benzene rings is 2. The Bertz CT molecular complexity index is 1010. The molecule has 6 nitrogen and oxygen atoms in total. The van der Waals surface area contributed by atoms with Gasteiger partial charge in [0.25, 0.3) is 0 Å². The van der Waals surface area contributed by atoms with E-state index in [-0.39, 0.29) is 33.6 Å². The number of aromatic hydroxyl groups is 2. The van der Waals surface area contributed by atoms with Crippen molar-refractivity contribution in [1.82, 2.24) is 0 Å². The summed E-state index contributed by atoms with van der Waals surface area (Å²) < 4.78 is 10.8. The van der Waals surface area contributed by atoms with Gasteiger partial charge in [-0.3, -0.25) is 9.59 Å². The molecule has 0 unspecified atom stereocenters. The van der Waals surface area contributed by atoms with Crippen molar-refractivity contribution in [1.29, 1.82) is 0 Å². The zero-order valence-corrected chi connectivity index (χ0v) is 11.9. The monoisotopic (exact) mass is 310 g/mol. The van der Waals surface area contributed by atoms with Crippen LogP contribution in [0, 0.1) is 0 Å². The number of furan rings is 1. The Morgan fingerprint density at radius 1 is 1.04 bits per heavy atom. The molecule has 0 spiro atoms. The number of Topliss-reactive ketones (excluding diaryl/α,β-unsaturated/α-hetero) is 2. The maximum Gasteiger partial charge on any atom is 0.238 e. The summed E-state index contributed by atoms with van der Waals surface area (Å²) in [6, 6.07) is 7.81. The molecule has 0 saturated heterocycles. The summed E-state index contributed by atoms with van der Waals surface area (Å²) in [5.41, 5.74) is 0.920. The number of ketones is 2. The van der Waals surface area contributed by atoms with Gasteiger partial charge in [-0.2, -0.15) is 0 Å². The Hall–Kier alpha value is -3.28. The summed E-state index contributed by atoms with van der Waals surface area (Å²) >= 11 is 0. The summed E-state index contributed by atoms with van der Waals surface area (Å²) in [5.74, 6) is -2.17. The number of hydrogen-bond donors (Lipinski definition) is 2. The van der Waals surface area contributed by atoms with Crippen molar-refractivity contribution in [3.8, 4) is 28.6 Å². The highest BCUT2D eigenvalue weighted by molar-refractivity contribution is 6.54. The van der Waals surface area contributed by atoms with Gasteiger partial charge in [-0.25, -0.2) is 0 Å². The third-order valence-corrected chi connectivity index (χ3v) is 3.94. The van der Waals surface area contributed by atoms with Gasteiger partial charge >= 0.3 is 0 Å². The van der Waals surface area contributed by atoms with E-state index in [0.29, 0.717) is 5.56 Å². The van der Waals surface area contributed by atoms with Crippen LogP contribution in [0.25, 0.3) is 22.3 Å². The van der Waals surface area contributed by atoms with Crippen LogP contribution in [-0.2, 0) is 0 Å². The number of methoxy groups -OCH3 is 1. The predicted molar refractivity (Wildman–Crippen MR) is 80.2 cm³/mol. The van der Waals surface area contributed by atoms with Crippen LogP contribution in [0.3, 0.4) is 0 Å². The van der Waals surface area contributed by atoms with Crippen LogP contribution in [-0.4, -0.2) is 28.9 Å². The van der Waals surface area contributed by atoms with Crippen LogP contribution >= 0.6 is 0 Å².